The molecule has 3 aliphatic rings. The molecule has 2 atom stereocenters. The molecule has 1 saturated carbocycles. The lowest BCUT2D eigenvalue weighted by atomic mass is 10.0. The van der Waals surface area contributed by atoms with Crippen molar-refractivity contribution in [1.82, 2.24) is 9.80 Å². The first-order chi connectivity index (χ1) is 12.6. The summed E-state index contributed by atoms with van der Waals surface area (Å²) >= 11 is 0. The largest absolute Gasteiger partial charge is 0.497 e. The number of hydrogen-bond donors (Lipinski definition) is 0. The van der Waals surface area contributed by atoms with Crippen LogP contribution in [0.5, 0.6) is 11.5 Å². The first-order valence-corrected chi connectivity index (χ1v) is 9.44. The van der Waals surface area contributed by atoms with E-state index in [9.17, 15) is 9.59 Å². The van der Waals surface area contributed by atoms with E-state index in [4.69, 9.17) is 9.47 Å². The maximum Gasteiger partial charge on any atom is 0.228 e. The van der Waals surface area contributed by atoms with E-state index in [-0.39, 0.29) is 23.8 Å². The second kappa shape index (κ2) is 6.82. The molecule has 0 spiro atoms. The molecule has 0 bridgehead atoms. The average Bonchev–Trinajstić information content (AvgIpc) is 3.25. The molecule has 0 unspecified atom stereocenters. The molecule has 6 heteroatoms. The van der Waals surface area contributed by atoms with Gasteiger partial charge in [-0.1, -0.05) is 0 Å². The molecule has 2 heterocycles. The number of rotatable bonds is 5. The number of benzene rings is 1. The topological polar surface area (TPSA) is 59.1 Å². The van der Waals surface area contributed by atoms with Crippen molar-refractivity contribution in [2.75, 3.05) is 27.3 Å². The van der Waals surface area contributed by atoms with Gasteiger partial charge in [0.1, 0.15) is 11.5 Å². The number of methoxy groups -OCH3 is 2. The Morgan fingerprint density at radius 2 is 1.96 bits per heavy atom. The van der Waals surface area contributed by atoms with Crippen molar-refractivity contribution < 1.29 is 19.1 Å². The van der Waals surface area contributed by atoms with Crippen LogP contribution in [0.2, 0.25) is 0 Å². The Morgan fingerprint density at radius 1 is 1.15 bits per heavy atom. The Balaban J connectivity index is 1.53. The van der Waals surface area contributed by atoms with Crippen molar-refractivity contribution >= 4 is 11.8 Å². The summed E-state index contributed by atoms with van der Waals surface area (Å²) in [5.41, 5.74) is 1.02. The fourth-order valence-corrected chi connectivity index (χ4v) is 4.32. The monoisotopic (exact) mass is 358 g/mol. The second-order valence-electron chi connectivity index (χ2n) is 7.48. The van der Waals surface area contributed by atoms with E-state index < -0.39 is 0 Å². The minimum Gasteiger partial charge on any atom is -0.497 e. The van der Waals surface area contributed by atoms with E-state index in [1.165, 1.54) is 0 Å². The highest BCUT2D eigenvalue weighted by molar-refractivity contribution is 5.90. The average molecular weight is 358 g/mol. The van der Waals surface area contributed by atoms with Crippen molar-refractivity contribution in [2.45, 2.75) is 44.2 Å². The Hall–Kier alpha value is -2.24. The van der Waals surface area contributed by atoms with Gasteiger partial charge in [-0.05, 0) is 37.8 Å². The fourth-order valence-electron chi connectivity index (χ4n) is 4.32. The highest BCUT2D eigenvalue weighted by Crippen LogP contribution is 2.41. The van der Waals surface area contributed by atoms with Crippen molar-refractivity contribution in [2.24, 2.45) is 5.92 Å². The van der Waals surface area contributed by atoms with Crippen LogP contribution in [0.4, 0.5) is 0 Å². The zero-order valence-electron chi connectivity index (χ0n) is 15.4. The van der Waals surface area contributed by atoms with E-state index in [1.54, 1.807) is 14.2 Å². The van der Waals surface area contributed by atoms with E-state index in [0.717, 1.165) is 49.3 Å². The van der Waals surface area contributed by atoms with Gasteiger partial charge in [0.25, 0.3) is 0 Å². The first kappa shape index (κ1) is 17.2. The van der Waals surface area contributed by atoms with Crippen LogP contribution in [0.25, 0.3) is 0 Å². The van der Waals surface area contributed by atoms with Gasteiger partial charge in [0.15, 0.2) is 0 Å². The number of amides is 2. The number of carbonyl (C=O) groups excluding carboxylic acids is 2. The molecule has 26 heavy (non-hydrogen) atoms. The minimum absolute atomic E-state index is 0.00781. The predicted octanol–water partition coefficient (Wildman–Crippen LogP) is 2.38. The van der Waals surface area contributed by atoms with Crippen molar-refractivity contribution in [3.05, 3.63) is 23.8 Å². The van der Waals surface area contributed by atoms with Gasteiger partial charge in [0, 0.05) is 37.2 Å². The third kappa shape index (κ3) is 3.02. The van der Waals surface area contributed by atoms with Gasteiger partial charge < -0.3 is 19.3 Å². The van der Waals surface area contributed by atoms with Gasteiger partial charge >= 0.3 is 0 Å². The number of nitrogens with zero attached hydrogens (tertiary/aromatic N) is 2. The lowest BCUT2D eigenvalue weighted by Gasteiger charge is -2.28. The lowest BCUT2D eigenvalue weighted by Crippen LogP contribution is -2.37. The van der Waals surface area contributed by atoms with Crippen LogP contribution in [-0.4, -0.2) is 55.0 Å². The summed E-state index contributed by atoms with van der Waals surface area (Å²) in [6.07, 6.45) is 4.42. The van der Waals surface area contributed by atoms with Crippen molar-refractivity contribution in [1.29, 1.82) is 0 Å². The summed E-state index contributed by atoms with van der Waals surface area (Å²) < 4.78 is 10.8. The third-order valence-corrected chi connectivity index (χ3v) is 5.83. The van der Waals surface area contributed by atoms with Crippen LogP contribution >= 0.6 is 0 Å². The molecule has 3 fully saturated rings. The summed E-state index contributed by atoms with van der Waals surface area (Å²) in [5.74, 6) is 1.54. The predicted molar refractivity (Wildman–Crippen MR) is 96.1 cm³/mol. The molecule has 140 valence electrons. The third-order valence-electron chi connectivity index (χ3n) is 5.83. The van der Waals surface area contributed by atoms with Crippen molar-refractivity contribution in [3.8, 4) is 11.5 Å². The van der Waals surface area contributed by atoms with E-state index in [1.807, 2.05) is 28.0 Å². The first-order valence-electron chi connectivity index (χ1n) is 9.44. The quantitative estimate of drug-likeness (QED) is 0.811. The number of likely N-dealkylation sites (tertiary alicyclic amines) is 2. The Bertz CT molecular complexity index is 716. The molecular formula is C20H26N2O4. The van der Waals surface area contributed by atoms with Gasteiger partial charge in [-0.15, -0.1) is 0 Å². The number of hydrogen-bond acceptors (Lipinski definition) is 4. The summed E-state index contributed by atoms with van der Waals surface area (Å²) in [6, 6.07) is 6.16. The molecule has 0 aromatic heterocycles. The molecular weight excluding hydrogens is 332 g/mol. The zero-order chi connectivity index (χ0) is 18.3. The van der Waals surface area contributed by atoms with Crippen LogP contribution < -0.4 is 9.47 Å². The van der Waals surface area contributed by atoms with Crippen LogP contribution in [-0.2, 0) is 9.59 Å². The number of ether oxygens (including phenoxy) is 2. The standard InChI is InChI=1S/C20H26N2O4/c1-25-15-7-8-16(18(11-15)26-2)17-4-3-9-21(17)20(24)13-10-19(23)22(12-13)14-5-6-14/h7-8,11,13-14,17H,3-6,9-10,12H2,1-2H3/t13-,17+/m1/s1. The molecule has 4 rings (SSSR count). The highest BCUT2D eigenvalue weighted by atomic mass is 16.5. The molecule has 6 nitrogen and oxygen atoms in total. The summed E-state index contributed by atoms with van der Waals surface area (Å²) in [5, 5.41) is 0. The van der Waals surface area contributed by atoms with Gasteiger partial charge in [-0.25, -0.2) is 0 Å². The SMILES string of the molecule is COc1ccc([C@@H]2CCCN2C(=O)[C@@H]2CC(=O)N(C3CC3)C2)c(OC)c1. The van der Waals surface area contributed by atoms with Crippen LogP contribution in [0, 0.1) is 5.92 Å². The van der Waals surface area contributed by atoms with Gasteiger partial charge in [-0.2, -0.15) is 0 Å². The van der Waals surface area contributed by atoms with Crippen molar-refractivity contribution in [3.63, 3.8) is 0 Å². The minimum atomic E-state index is -0.201. The van der Waals surface area contributed by atoms with Crippen LogP contribution in [0.15, 0.2) is 18.2 Å². The maximum atomic E-state index is 13.2. The lowest BCUT2D eigenvalue weighted by molar-refractivity contribution is -0.136. The highest BCUT2D eigenvalue weighted by Gasteiger charge is 2.44. The van der Waals surface area contributed by atoms with E-state index in [0.29, 0.717) is 19.0 Å². The van der Waals surface area contributed by atoms with E-state index >= 15 is 0 Å². The Labute approximate surface area is 154 Å². The fraction of sp³-hybridized carbons (Fsp3) is 0.600. The maximum absolute atomic E-state index is 13.2. The molecule has 1 aromatic rings. The number of carbonyl (C=O) groups is 2. The molecule has 0 radical (unpaired) electrons. The molecule has 0 N–H and O–H groups in total. The van der Waals surface area contributed by atoms with Gasteiger partial charge in [0.05, 0.1) is 26.2 Å². The van der Waals surface area contributed by atoms with Gasteiger partial charge in [0.2, 0.25) is 11.8 Å². The Kier molecular flexibility index (Phi) is 4.51. The zero-order valence-corrected chi connectivity index (χ0v) is 15.4. The summed E-state index contributed by atoms with van der Waals surface area (Å²) in [4.78, 5) is 29.3. The molecule has 1 aliphatic carbocycles. The summed E-state index contributed by atoms with van der Waals surface area (Å²) in [6.45, 7) is 1.33. The Morgan fingerprint density at radius 3 is 2.65 bits per heavy atom. The summed E-state index contributed by atoms with van der Waals surface area (Å²) in [7, 11) is 3.27. The molecule has 2 aliphatic heterocycles. The van der Waals surface area contributed by atoms with Crippen LogP contribution in [0.3, 0.4) is 0 Å². The molecule has 1 aromatic carbocycles. The van der Waals surface area contributed by atoms with Crippen LogP contribution in [0.1, 0.15) is 43.7 Å². The smallest absolute Gasteiger partial charge is 0.228 e. The molecule has 2 amide bonds. The molecule has 2 saturated heterocycles. The second-order valence-corrected chi connectivity index (χ2v) is 7.48. The van der Waals surface area contributed by atoms with Gasteiger partial charge in [-0.3, -0.25) is 9.59 Å². The normalized spacial score (nSPS) is 25.7. The van der Waals surface area contributed by atoms with E-state index in [2.05, 4.69) is 0 Å².